The molecule has 0 amide bonds. The second-order valence-corrected chi connectivity index (χ2v) is 7.29. The van der Waals surface area contributed by atoms with Crippen molar-refractivity contribution in [3.63, 3.8) is 0 Å². The molecule has 0 radical (unpaired) electrons. The average molecular weight is 375 g/mol. The van der Waals surface area contributed by atoms with Crippen molar-refractivity contribution in [3.8, 4) is 0 Å². The molecule has 2 aliphatic rings. The van der Waals surface area contributed by atoms with Crippen LogP contribution in [0.4, 0.5) is 0 Å². The Kier molecular flexibility index (Phi) is 8.39. The van der Waals surface area contributed by atoms with Crippen LogP contribution in [0.3, 0.4) is 0 Å². The van der Waals surface area contributed by atoms with Crippen LogP contribution in [0, 0.1) is 0 Å². The maximum Gasteiger partial charge on any atom is 0.193 e. The molecule has 2 fully saturated rings. The number of benzene rings is 1. The van der Waals surface area contributed by atoms with E-state index in [2.05, 4.69) is 50.4 Å². The summed E-state index contributed by atoms with van der Waals surface area (Å²) in [4.78, 5) is 9.32. The fourth-order valence-electron chi connectivity index (χ4n) is 3.66. The van der Waals surface area contributed by atoms with Crippen LogP contribution in [0.15, 0.2) is 35.3 Å². The SMILES string of the molecule is CN=C(NCCCOCC1CCCO1)N1CCN(Cc2ccccc2)CC1. The van der Waals surface area contributed by atoms with E-state index in [1.165, 1.54) is 12.0 Å². The maximum atomic E-state index is 5.72. The molecule has 27 heavy (non-hydrogen) atoms. The molecule has 0 saturated carbocycles. The molecule has 0 aromatic heterocycles. The molecule has 2 heterocycles. The summed E-state index contributed by atoms with van der Waals surface area (Å²) in [6.45, 7) is 8.49. The first-order valence-electron chi connectivity index (χ1n) is 10.3. The van der Waals surface area contributed by atoms with Gasteiger partial charge in [-0.2, -0.15) is 0 Å². The van der Waals surface area contributed by atoms with E-state index in [0.717, 1.165) is 77.9 Å². The van der Waals surface area contributed by atoms with Gasteiger partial charge in [0.05, 0.1) is 12.7 Å². The van der Waals surface area contributed by atoms with E-state index < -0.39 is 0 Å². The lowest BCUT2D eigenvalue weighted by atomic mass is 10.2. The zero-order valence-corrected chi connectivity index (χ0v) is 16.6. The molecule has 0 aliphatic carbocycles. The Labute approximate surface area is 163 Å². The van der Waals surface area contributed by atoms with Crippen molar-refractivity contribution >= 4 is 5.96 Å². The van der Waals surface area contributed by atoms with Crippen LogP contribution in [0.1, 0.15) is 24.8 Å². The molecule has 150 valence electrons. The molecule has 0 bridgehead atoms. The van der Waals surface area contributed by atoms with Gasteiger partial charge in [-0.1, -0.05) is 30.3 Å². The van der Waals surface area contributed by atoms with Gasteiger partial charge in [0.15, 0.2) is 5.96 Å². The highest BCUT2D eigenvalue weighted by atomic mass is 16.5. The minimum atomic E-state index is 0.318. The lowest BCUT2D eigenvalue weighted by Gasteiger charge is -2.36. The minimum Gasteiger partial charge on any atom is -0.379 e. The normalized spacial score (nSPS) is 21.6. The molecule has 6 heteroatoms. The summed E-state index contributed by atoms with van der Waals surface area (Å²) in [5.74, 6) is 1.01. The van der Waals surface area contributed by atoms with E-state index in [-0.39, 0.29) is 0 Å². The summed E-state index contributed by atoms with van der Waals surface area (Å²) >= 11 is 0. The molecule has 2 aliphatic heterocycles. The molecule has 1 aromatic rings. The van der Waals surface area contributed by atoms with Gasteiger partial charge >= 0.3 is 0 Å². The van der Waals surface area contributed by atoms with Crippen LogP contribution in [0.5, 0.6) is 0 Å². The van der Waals surface area contributed by atoms with Crippen molar-refractivity contribution in [1.82, 2.24) is 15.1 Å². The summed E-state index contributed by atoms with van der Waals surface area (Å²) in [6.07, 6.45) is 3.61. The molecule has 6 nitrogen and oxygen atoms in total. The summed E-state index contributed by atoms with van der Waals surface area (Å²) in [5, 5.41) is 3.48. The van der Waals surface area contributed by atoms with E-state index in [4.69, 9.17) is 9.47 Å². The monoisotopic (exact) mass is 374 g/mol. The molecule has 1 unspecified atom stereocenters. The van der Waals surface area contributed by atoms with Crippen LogP contribution in [0.25, 0.3) is 0 Å². The number of hydrogen-bond donors (Lipinski definition) is 1. The number of guanidine groups is 1. The van der Waals surface area contributed by atoms with Gasteiger partial charge in [-0.3, -0.25) is 9.89 Å². The molecule has 1 aromatic carbocycles. The Bertz CT molecular complexity index is 553. The topological polar surface area (TPSA) is 49.3 Å². The minimum absolute atomic E-state index is 0.318. The first kappa shape index (κ1) is 20.1. The summed E-state index contributed by atoms with van der Waals surface area (Å²) in [6, 6.07) is 10.7. The molecular weight excluding hydrogens is 340 g/mol. The highest BCUT2D eigenvalue weighted by Crippen LogP contribution is 2.12. The fraction of sp³-hybridized carbons (Fsp3) is 0.667. The molecule has 2 saturated heterocycles. The third-order valence-electron chi connectivity index (χ3n) is 5.21. The van der Waals surface area contributed by atoms with Gasteiger partial charge in [-0.25, -0.2) is 0 Å². The van der Waals surface area contributed by atoms with Gasteiger partial charge in [-0.05, 0) is 24.8 Å². The van der Waals surface area contributed by atoms with Gasteiger partial charge in [-0.15, -0.1) is 0 Å². The standard InChI is InChI=1S/C21H34N4O2/c1-22-21(23-10-6-15-26-18-20-9-5-16-27-20)25-13-11-24(12-14-25)17-19-7-3-2-4-8-19/h2-4,7-8,20H,5-6,9-18H2,1H3,(H,22,23). The highest BCUT2D eigenvalue weighted by molar-refractivity contribution is 5.79. The van der Waals surface area contributed by atoms with Crippen LogP contribution in [0.2, 0.25) is 0 Å². The number of nitrogens with zero attached hydrogens (tertiary/aromatic N) is 3. The summed E-state index contributed by atoms with van der Waals surface area (Å²) in [7, 11) is 1.87. The van der Waals surface area contributed by atoms with Gasteiger partial charge in [0.25, 0.3) is 0 Å². The Morgan fingerprint density at radius 2 is 2.04 bits per heavy atom. The lowest BCUT2D eigenvalue weighted by Crippen LogP contribution is -2.52. The fourth-order valence-corrected chi connectivity index (χ4v) is 3.66. The first-order valence-corrected chi connectivity index (χ1v) is 10.3. The number of rotatable bonds is 8. The van der Waals surface area contributed by atoms with E-state index in [9.17, 15) is 0 Å². The second kappa shape index (κ2) is 11.3. The Morgan fingerprint density at radius 1 is 1.22 bits per heavy atom. The number of piperazine rings is 1. The van der Waals surface area contributed by atoms with E-state index in [1.54, 1.807) is 0 Å². The van der Waals surface area contributed by atoms with Crippen molar-refractivity contribution in [2.45, 2.75) is 31.9 Å². The predicted molar refractivity (Wildman–Crippen MR) is 109 cm³/mol. The average Bonchev–Trinajstić information content (AvgIpc) is 3.23. The van der Waals surface area contributed by atoms with Crippen molar-refractivity contribution in [2.24, 2.45) is 4.99 Å². The van der Waals surface area contributed by atoms with Gasteiger partial charge in [0.2, 0.25) is 0 Å². The quantitative estimate of drug-likeness (QED) is 0.428. The summed E-state index contributed by atoms with van der Waals surface area (Å²) < 4.78 is 11.3. The predicted octanol–water partition coefficient (Wildman–Crippen LogP) is 1.97. The second-order valence-electron chi connectivity index (χ2n) is 7.29. The van der Waals surface area contributed by atoms with Gasteiger partial charge < -0.3 is 19.7 Å². The highest BCUT2D eigenvalue weighted by Gasteiger charge is 2.19. The third kappa shape index (κ3) is 6.79. The lowest BCUT2D eigenvalue weighted by molar-refractivity contribution is 0.0168. The first-order chi connectivity index (χ1) is 13.3. The third-order valence-corrected chi connectivity index (χ3v) is 5.21. The van der Waals surface area contributed by atoms with Crippen molar-refractivity contribution < 1.29 is 9.47 Å². The van der Waals surface area contributed by atoms with Crippen LogP contribution in [-0.2, 0) is 16.0 Å². The Balaban J connectivity index is 1.28. The van der Waals surface area contributed by atoms with Crippen LogP contribution >= 0.6 is 0 Å². The van der Waals surface area contributed by atoms with Crippen molar-refractivity contribution in [2.75, 3.05) is 59.6 Å². The van der Waals surface area contributed by atoms with Crippen LogP contribution in [-0.4, -0.2) is 81.5 Å². The van der Waals surface area contributed by atoms with Gasteiger partial charge in [0.1, 0.15) is 0 Å². The molecular formula is C21H34N4O2. The number of ether oxygens (including phenoxy) is 2. The van der Waals surface area contributed by atoms with E-state index >= 15 is 0 Å². The van der Waals surface area contributed by atoms with Crippen LogP contribution < -0.4 is 5.32 Å². The van der Waals surface area contributed by atoms with Crippen molar-refractivity contribution in [3.05, 3.63) is 35.9 Å². The Hall–Kier alpha value is -1.63. The molecule has 1 atom stereocenters. The number of hydrogen-bond acceptors (Lipinski definition) is 4. The van der Waals surface area contributed by atoms with E-state index in [0.29, 0.717) is 6.10 Å². The Morgan fingerprint density at radius 3 is 2.74 bits per heavy atom. The molecule has 0 spiro atoms. The van der Waals surface area contributed by atoms with Crippen molar-refractivity contribution in [1.29, 1.82) is 0 Å². The maximum absolute atomic E-state index is 5.72. The largest absolute Gasteiger partial charge is 0.379 e. The zero-order chi connectivity index (χ0) is 18.7. The summed E-state index contributed by atoms with van der Waals surface area (Å²) in [5.41, 5.74) is 1.39. The van der Waals surface area contributed by atoms with Gasteiger partial charge in [0, 0.05) is 59.5 Å². The number of nitrogens with one attached hydrogen (secondary N) is 1. The molecule has 3 rings (SSSR count). The zero-order valence-electron chi connectivity index (χ0n) is 16.6. The number of aliphatic imine (C=N–C) groups is 1. The van der Waals surface area contributed by atoms with E-state index in [1.807, 2.05) is 7.05 Å². The molecule has 1 N–H and O–H groups in total. The smallest absolute Gasteiger partial charge is 0.193 e.